The highest BCUT2D eigenvalue weighted by atomic mass is 79.9. The predicted octanol–water partition coefficient (Wildman–Crippen LogP) is 4.69. The number of aromatic nitrogens is 2. The van der Waals surface area contributed by atoms with Gasteiger partial charge in [0.2, 0.25) is 0 Å². The smallest absolute Gasteiger partial charge is 0.162 e. The van der Waals surface area contributed by atoms with Crippen molar-refractivity contribution in [2.75, 3.05) is 12.4 Å². The van der Waals surface area contributed by atoms with Gasteiger partial charge in [-0.3, -0.25) is 0 Å². The lowest BCUT2D eigenvalue weighted by Gasteiger charge is -2.22. The number of benzene rings is 1. The van der Waals surface area contributed by atoms with Crippen molar-refractivity contribution < 1.29 is 4.39 Å². The Balaban J connectivity index is 2.73. The van der Waals surface area contributed by atoms with Crippen molar-refractivity contribution in [1.29, 1.82) is 0 Å². The molecule has 0 amide bonds. The summed E-state index contributed by atoms with van der Waals surface area (Å²) in [5.74, 6) is 0.948. The number of hydrogen-bond donors (Lipinski definition) is 1. The van der Waals surface area contributed by atoms with Crippen molar-refractivity contribution >= 4 is 21.7 Å². The highest BCUT2D eigenvalue weighted by Crippen LogP contribution is 2.34. The molecule has 1 aromatic carbocycles. The molecule has 0 saturated carbocycles. The first-order valence-corrected chi connectivity index (χ1v) is 7.55. The van der Waals surface area contributed by atoms with Gasteiger partial charge in [0, 0.05) is 18.0 Å². The van der Waals surface area contributed by atoms with Crippen molar-refractivity contribution in [1.82, 2.24) is 9.97 Å². The molecular weight excluding hydrogens is 333 g/mol. The number of aryl methyl sites for hydroxylation is 1. The molecule has 0 unspecified atom stereocenters. The molecule has 0 aliphatic rings. The lowest BCUT2D eigenvalue weighted by atomic mass is 9.91. The zero-order valence-electron chi connectivity index (χ0n) is 12.9. The fourth-order valence-electron chi connectivity index (χ4n) is 2.07. The first kappa shape index (κ1) is 15.9. The van der Waals surface area contributed by atoms with Crippen LogP contribution in [0.5, 0.6) is 0 Å². The van der Waals surface area contributed by atoms with Gasteiger partial charge in [-0.1, -0.05) is 26.8 Å². The second kappa shape index (κ2) is 5.72. The first-order valence-electron chi connectivity index (χ1n) is 6.76. The van der Waals surface area contributed by atoms with E-state index in [1.165, 1.54) is 12.1 Å². The van der Waals surface area contributed by atoms with Gasteiger partial charge in [0.15, 0.2) is 5.82 Å². The number of hydrogen-bond acceptors (Lipinski definition) is 3. The maximum Gasteiger partial charge on any atom is 0.162 e. The monoisotopic (exact) mass is 351 g/mol. The standard InChI is InChI=1S/C16H19BrFN3/c1-9-6-7-10(18)8-11(9)14-20-13(16(2,3)4)12(17)15(19-5)21-14/h6-8H,1-5H3,(H,19,20,21). The summed E-state index contributed by atoms with van der Waals surface area (Å²) in [6.07, 6.45) is 0. The summed E-state index contributed by atoms with van der Waals surface area (Å²) >= 11 is 3.56. The highest BCUT2D eigenvalue weighted by molar-refractivity contribution is 9.10. The van der Waals surface area contributed by atoms with Gasteiger partial charge in [-0.15, -0.1) is 0 Å². The van der Waals surface area contributed by atoms with Crippen LogP contribution in [-0.2, 0) is 5.41 Å². The average Bonchev–Trinajstić information content (AvgIpc) is 2.40. The molecule has 0 bridgehead atoms. The Bertz CT molecular complexity index is 678. The van der Waals surface area contributed by atoms with Crippen LogP contribution in [-0.4, -0.2) is 17.0 Å². The van der Waals surface area contributed by atoms with Crippen LogP contribution in [0, 0.1) is 12.7 Å². The van der Waals surface area contributed by atoms with Crippen molar-refractivity contribution in [3.05, 3.63) is 39.7 Å². The third-order valence-corrected chi connectivity index (χ3v) is 3.99. The number of nitrogens with zero attached hydrogens (tertiary/aromatic N) is 2. The molecule has 0 aliphatic heterocycles. The van der Waals surface area contributed by atoms with Gasteiger partial charge in [0.25, 0.3) is 0 Å². The molecule has 0 spiro atoms. The Morgan fingerprint density at radius 2 is 1.86 bits per heavy atom. The second-order valence-corrected chi connectivity index (χ2v) is 6.81. The van der Waals surface area contributed by atoms with Crippen LogP contribution in [0.2, 0.25) is 0 Å². The van der Waals surface area contributed by atoms with E-state index >= 15 is 0 Å². The molecule has 2 rings (SSSR count). The largest absolute Gasteiger partial charge is 0.372 e. The normalized spacial score (nSPS) is 11.6. The lowest BCUT2D eigenvalue weighted by molar-refractivity contribution is 0.564. The SMILES string of the molecule is CNc1nc(-c2cc(F)ccc2C)nc(C(C)(C)C)c1Br. The summed E-state index contributed by atoms with van der Waals surface area (Å²) in [5, 5.41) is 3.06. The fourth-order valence-corrected chi connectivity index (χ4v) is 3.04. The molecule has 0 aliphatic carbocycles. The molecule has 1 aromatic heterocycles. The molecular formula is C16H19BrFN3. The zero-order valence-corrected chi connectivity index (χ0v) is 14.5. The molecule has 0 fully saturated rings. The van der Waals surface area contributed by atoms with Crippen LogP contribution in [0.25, 0.3) is 11.4 Å². The maximum atomic E-state index is 13.5. The molecule has 1 heterocycles. The van der Waals surface area contributed by atoms with Gasteiger partial charge in [-0.25, -0.2) is 14.4 Å². The number of halogens is 2. The summed E-state index contributed by atoms with van der Waals surface area (Å²) in [4.78, 5) is 9.16. The highest BCUT2D eigenvalue weighted by Gasteiger charge is 2.23. The van der Waals surface area contributed by atoms with Crippen LogP contribution in [0.1, 0.15) is 32.0 Å². The van der Waals surface area contributed by atoms with E-state index in [-0.39, 0.29) is 11.2 Å². The Kier molecular flexibility index (Phi) is 4.33. The quantitative estimate of drug-likeness (QED) is 0.852. The van der Waals surface area contributed by atoms with Gasteiger partial charge in [0.1, 0.15) is 11.6 Å². The number of nitrogens with one attached hydrogen (secondary N) is 1. The van der Waals surface area contributed by atoms with Crippen LogP contribution in [0.3, 0.4) is 0 Å². The Hall–Kier alpha value is -1.49. The molecule has 0 saturated heterocycles. The van der Waals surface area contributed by atoms with E-state index in [9.17, 15) is 4.39 Å². The van der Waals surface area contributed by atoms with Crippen molar-refractivity contribution in [2.24, 2.45) is 0 Å². The molecule has 21 heavy (non-hydrogen) atoms. The molecule has 2 aromatic rings. The Morgan fingerprint density at radius 3 is 2.43 bits per heavy atom. The van der Waals surface area contributed by atoms with Crippen molar-refractivity contribution in [2.45, 2.75) is 33.1 Å². The minimum absolute atomic E-state index is 0.149. The topological polar surface area (TPSA) is 37.8 Å². The second-order valence-electron chi connectivity index (χ2n) is 6.02. The summed E-state index contributed by atoms with van der Waals surface area (Å²) in [5.41, 5.74) is 2.40. The minimum Gasteiger partial charge on any atom is -0.372 e. The van der Waals surface area contributed by atoms with Crippen molar-refractivity contribution in [3.63, 3.8) is 0 Å². The van der Waals surface area contributed by atoms with E-state index < -0.39 is 0 Å². The molecule has 0 atom stereocenters. The maximum absolute atomic E-state index is 13.5. The van der Waals surface area contributed by atoms with Gasteiger partial charge < -0.3 is 5.32 Å². The molecule has 112 valence electrons. The lowest BCUT2D eigenvalue weighted by Crippen LogP contribution is -2.17. The number of rotatable bonds is 2. The summed E-state index contributed by atoms with van der Waals surface area (Å²) in [7, 11) is 1.81. The van der Waals surface area contributed by atoms with Crippen LogP contribution < -0.4 is 5.32 Å². The van der Waals surface area contributed by atoms with Gasteiger partial charge in [0.05, 0.1) is 10.2 Å². The Morgan fingerprint density at radius 1 is 1.19 bits per heavy atom. The van der Waals surface area contributed by atoms with Crippen molar-refractivity contribution in [3.8, 4) is 11.4 Å². The van der Waals surface area contributed by atoms with Gasteiger partial charge in [-0.2, -0.15) is 0 Å². The molecule has 5 heteroatoms. The summed E-state index contributed by atoms with van der Waals surface area (Å²) < 4.78 is 14.4. The van der Waals surface area contributed by atoms with Crippen LogP contribution in [0.15, 0.2) is 22.7 Å². The van der Waals surface area contributed by atoms with Gasteiger partial charge >= 0.3 is 0 Å². The minimum atomic E-state index is -0.287. The fraction of sp³-hybridized carbons (Fsp3) is 0.375. The molecule has 1 N–H and O–H groups in total. The number of anilines is 1. The Labute approximate surface area is 133 Å². The summed E-state index contributed by atoms with van der Waals surface area (Å²) in [6.45, 7) is 8.18. The molecule has 0 radical (unpaired) electrons. The van der Waals surface area contributed by atoms with E-state index in [1.54, 1.807) is 6.07 Å². The molecule has 3 nitrogen and oxygen atoms in total. The predicted molar refractivity (Wildman–Crippen MR) is 88.1 cm³/mol. The first-order chi connectivity index (χ1) is 9.74. The van der Waals surface area contributed by atoms with Crippen LogP contribution >= 0.6 is 15.9 Å². The third kappa shape index (κ3) is 3.23. The van der Waals surface area contributed by atoms with E-state index in [2.05, 4.69) is 52.0 Å². The van der Waals surface area contributed by atoms with E-state index in [4.69, 9.17) is 0 Å². The van der Waals surface area contributed by atoms with E-state index in [0.29, 0.717) is 17.2 Å². The zero-order chi connectivity index (χ0) is 15.8. The summed E-state index contributed by atoms with van der Waals surface area (Å²) in [6, 6.07) is 4.66. The third-order valence-electron chi connectivity index (χ3n) is 3.24. The van der Waals surface area contributed by atoms with E-state index in [0.717, 1.165) is 15.7 Å². The average molecular weight is 352 g/mol. The van der Waals surface area contributed by atoms with Gasteiger partial charge in [-0.05, 0) is 40.5 Å². The van der Waals surface area contributed by atoms with Crippen LogP contribution in [0.4, 0.5) is 10.2 Å². The van der Waals surface area contributed by atoms with E-state index in [1.807, 2.05) is 14.0 Å².